The van der Waals surface area contributed by atoms with Crippen molar-refractivity contribution in [2.45, 2.75) is 19.7 Å². The van der Waals surface area contributed by atoms with Gasteiger partial charge in [-0.3, -0.25) is 14.2 Å². The van der Waals surface area contributed by atoms with Gasteiger partial charge in [0.15, 0.2) is 11.5 Å². The summed E-state index contributed by atoms with van der Waals surface area (Å²) in [5.74, 6) is 0.818. The highest BCUT2D eigenvalue weighted by atomic mass is 35.5. The molecule has 3 aromatic carbocycles. The van der Waals surface area contributed by atoms with Crippen molar-refractivity contribution in [1.29, 1.82) is 0 Å². The van der Waals surface area contributed by atoms with Gasteiger partial charge in [-0.15, -0.1) is 0 Å². The van der Waals surface area contributed by atoms with Crippen LogP contribution >= 0.6 is 23.2 Å². The molecule has 1 aromatic heterocycles. The number of methoxy groups -OCH3 is 1. The molecule has 0 aliphatic carbocycles. The number of fused-ring (bicyclic) bond motifs is 1. The van der Waals surface area contributed by atoms with Crippen LogP contribution in [0.3, 0.4) is 0 Å². The first kappa shape index (κ1) is 23.6. The molecule has 7 nitrogen and oxygen atoms in total. The van der Waals surface area contributed by atoms with Gasteiger partial charge in [-0.05, 0) is 35.4 Å². The number of rotatable bonds is 8. The van der Waals surface area contributed by atoms with Crippen LogP contribution < -0.4 is 20.3 Å². The summed E-state index contributed by atoms with van der Waals surface area (Å²) in [6.45, 7) is 0.473. The maximum Gasteiger partial charge on any atom is 0.261 e. The second kappa shape index (κ2) is 10.6. The fourth-order valence-corrected chi connectivity index (χ4v) is 3.94. The number of carbonyl (C=O) groups excluding carboxylic acids is 1. The maximum absolute atomic E-state index is 12.7. The van der Waals surface area contributed by atoms with E-state index in [4.69, 9.17) is 32.7 Å². The Bertz CT molecular complexity index is 1390. The van der Waals surface area contributed by atoms with E-state index in [2.05, 4.69) is 10.3 Å². The van der Waals surface area contributed by atoms with Gasteiger partial charge < -0.3 is 14.8 Å². The normalized spacial score (nSPS) is 10.8. The molecule has 4 rings (SSSR count). The largest absolute Gasteiger partial charge is 0.493 e. The quantitative estimate of drug-likeness (QED) is 0.384. The molecule has 0 aliphatic rings. The monoisotopic (exact) mass is 497 g/mol. The van der Waals surface area contributed by atoms with E-state index in [-0.39, 0.29) is 29.4 Å². The Morgan fingerprint density at radius 2 is 1.82 bits per heavy atom. The minimum atomic E-state index is -0.397. The van der Waals surface area contributed by atoms with E-state index in [0.717, 1.165) is 11.1 Å². The fraction of sp³-hybridized carbons (Fsp3) is 0.160. The van der Waals surface area contributed by atoms with E-state index < -0.39 is 5.56 Å². The van der Waals surface area contributed by atoms with Crippen LogP contribution in [0, 0.1) is 0 Å². The number of benzene rings is 3. The summed E-state index contributed by atoms with van der Waals surface area (Å²) in [5, 5.41) is 3.65. The lowest BCUT2D eigenvalue weighted by Gasteiger charge is -2.13. The average molecular weight is 498 g/mol. The van der Waals surface area contributed by atoms with E-state index >= 15 is 0 Å². The molecular formula is C25H21Cl2N3O4. The van der Waals surface area contributed by atoms with Gasteiger partial charge in [-0.25, -0.2) is 4.98 Å². The molecule has 0 spiro atoms. The second-order valence-electron chi connectivity index (χ2n) is 7.50. The molecule has 34 heavy (non-hydrogen) atoms. The Hall–Kier alpha value is -3.55. The Labute approximate surface area is 205 Å². The molecule has 0 atom stereocenters. The maximum atomic E-state index is 12.7. The van der Waals surface area contributed by atoms with Crippen molar-refractivity contribution in [3.63, 3.8) is 0 Å². The molecule has 0 aliphatic heterocycles. The summed E-state index contributed by atoms with van der Waals surface area (Å²) >= 11 is 12.1. The smallest absolute Gasteiger partial charge is 0.261 e. The number of hydrogen-bond acceptors (Lipinski definition) is 5. The molecule has 1 heterocycles. The zero-order chi connectivity index (χ0) is 24.1. The van der Waals surface area contributed by atoms with Crippen LogP contribution in [-0.2, 0) is 24.5 Å². The number of nitrogens with one attached hydrogen (secondary N) is 1. The Morgan fingerprint density at radius 3 is 2.59 bits per heavy atom. The van der Waals surface area contributed by atoms with Gasteiger partial charge in [0.25, 0.3) is 5.56 Å². The van der Waals surface area contributed by atoms with Gasteiger partial charge in [0.05, 0.1) is 29.4 Å². The number of aromatic nitrogens is 2. The predicted octanol–water partition coefficient (Wildman–Crippen LogP) is 4.61. The first-order valence-electron chi connectivity index (χ1n) is 10.4. The predicted molar refractivity (Wildman–Crippen MR) is 132 cm³/mol. The Kier molecular flexibility index (Phi) is 7.35. The highest BCUT2D eigenvalue weighted by Gasteiger charge is 2.12. The second-order valence-corrected chi connectivity index (χ2v) is 8.34. The molecule has 0 radical (unpaired) electrons. The number of halogens is 2. The van der Waals surface area contributed by atoms with Crippen molar-refractivity contribution in [3.05, 3.63) is 98.5 Å². The highest BCUT2D eigenvalue weighted by molar-refractivity contribution is 6.38. The molecule has 0 unspecified atom stereocenters. The lowest BCUT2D eigenvalue weighted by molar-refractivity contribution is -0.121. The molecule has 0 bridgehead atoms. The number of ether oxygens (including phenoxy) is 2. The highest BCUT2D eigenvalue weighted by Crippen LogP contribution is 2.29. The van der Waals surface area contributed by atoms with Crippen molar-refractivity contribution in [3.8, 4) is 11.5 Å². The molecule has 0 saturated heterocycles. The van der Waals surface area contributed by atoms with E-state index in [0.29, 0.717) is 28.6 Å². The van der Waals surface area contributed by atoms with E-state index in [9.17, 15) is 9.59 Å². The first-order valence-corrected chi connectivity index (χ1v) is 11.1. The van der Waals surface area contributed by atoms with E-state index in [1.165, 1.54) is 23.0 Å². The van der Waals surface area contributed by atoms with Crippen LogP contribution in [0.15, 0.2) is 71.8 Å². The molecule has 0 fully saturated rings. The Morgan fingerprint density at radius 1 is 1.03 bits per heavy atom. The van der Waals surface area contributed by atoms with Crippen molar-refractivity contribution >= 4 is 40.0 Å². The molecular weight excluding hydrogens is 477 g/mol. The minimum absolute atomic E-state index is 0.193. The summed E-state index contributed by atoms with van der Waals surface area (Å²) in [4.78, 5) is 29.4. The van der Waals surface area contributed by atoms with Gasteiger partial charge in [-0.2, -0.15) is 0 Å². The summed E-state index contributed by atoms with van der Waals surface area (Å²) in [5.41, 5.74) is 1.81. The third-order valence-corrected chi connectivity index (χ3v) is 5.62. The van der Waals surface area contributed by atoms with Crippen molar-refractivity contribution in [2.24, 2.45) is 0 Å². The standard InChI is InChI=1S/C25H21Cl2N3O4/c1-33-22-9-17(7-8-21(22)34-14-16-5-3-2-4-6-16)12-28-23(31)13-30-15-29-24-19(25(30)32)10-18(26)11-20(24)27/h2-11,15H,12-14H2,1H3,(H,28,31). The fourth-order valence-electron chi connectivity index (χ4n) is 3.40. The van der Waals surface area contributed by atoms with Crippen LogP contribution in [0.1, 0.15) is 11.1 Å². The van der Waals surface area contributed by atoms with E-state index in [1.807, 2.05) is 36.4 Å². The zero-order valence-electron chi connectivity index (χ0n) is 18.3. The van der Waals surface area contributed by atoms with Gasteiger partial charge in [0.2, 0.25) is 5.91 Å². The summed E-state index contributed by atoms with van der Waals surface area (Å²) in [7, 11) is 1.56. The van der Waals surface area contributed by atoms with Gasteiger partial charge in [0.1, 0.15) is 13.2 Å². The summed E-state index contributed by atoms with van der Waals surface area (Å²) in [6, 6.07) is 18.3. The third kappa shape index (κ3) is 5.50. The van der Waals surface area contributed by atoms with Gasteiger partial charge in [-0.1, -0.05) is 59.6 Å². The first-order chi connectivity index (χ1) is 16.4. The zero-order valence-corrected chi connectivity index (χ0v) is 19.8. The summed E-state index contributed by atoms with van der Waals surface area (Å²) in [6.07, 6.45) is 1.30. The van der Waals surface area contributed by atoms with Crippen LogP contribution in [-0.4, -0.2) is 22.6 Å². The molecule has 9 heteroatoms. The molecule has 1 N–H and O–H groups in total. The SMILES string of the molecule is COc1cc(CNC(=O)Cn2cnc3c(Cl)cc(Cl)cc3c2=O)ccc1OCc1ccccc1. The molecule has 174 valence electrons. The molecule has 4 aromatic rings. The van der Waals surface area contributed by atoms with Crippen molar-refractivity contribution in [2.75, 3.05) is 7.11 Å². The summed E-state index contributed by atoms with van der Waals surface area (Å²) < 4.78 is 12.5. The van der Waals surface area contributed by atoms with Crippen LogP contribution in [0.5, 0.6) is 11.5 Å². The topological polar surface area (TPSA) is 82.5 Å². The van der Waals surface area contributed by atoms with Crippen LogP contribution in [0.2, 0.25) is 10.0 Å². The number of amides is 1. The third-order valence-electron chi connectivity index (χ3n) is 5.11. The lowest BCUT2D eigenvalue weighted by atomic mass is 10.2. The van der Waals surface area contributed by atoms with Gasteiger partial charge >= 0.3 is 0 Å². The minimum Gasteiger partial charge on any atom is -0.493 e. The average Bonchev–Trinajstić information content (AvgIpc) is 2.84. The molecule has 1 amide bonds. The van der Waals surface area contributed by atoms with Crippen molar-refractivity contribution < 1.29 is 14.3 Å². The number of carbonyl (C=O) groups is 1. The van der Waals surface area contributed by atoms with Crippen LogP contribution in [0.25, 0.3) is 10.9 Å². The van der Waals surface area contributed by atoms with Gasteiger partial charge in [0, 0.05) is 11.6 Å². The number of nitrogens with zero attached hydrogens (tertiary/aromatic N) is 2. The van der Waals surface area contributed by atoms with Crippen LogP contribution in [0.4, 0.5) is 0 Å². The number of hydrogen-bond donors (Lipinski definition) is 1. The Balaban J connectivity index is 1.40. The molecule has 0 saturated carbocycles. The lowest BCUT2D eigenvalue weighted by Crippen LogP contribution is -2.32. The van der Waals surface area contributed by atoms with E-state index in [1.54, 1.807) is 19.2 Å². The van der Waals surface area contributed by atoms with Crippen molar-refractivity contribution in [1.82, 2.24) is 14.9 Å².